The fourth-order valence-electron chi connectivity index (χ4n) is 4.27. The van der Waals surface area contributed by atoms with Crippen molar-refractivity contribution in [2.45, 2.75) is 13.8 Å². The maximum atomic E-state index is 12.9. The standard InChI is InChI=1S/C26H22N4O7/c1-14-9-17(15(2)30(14)19-6-3-16(4-7-19)25(33)34)10-20-24(32)29(26(35)28-20)12-23(31)27-18-5-8-21-22(11-18)37-13-36-21/h3-11H,12-13H2,1-2H3,(H,27,31)(H,28,35)(H,33,34)/b20-10+. The van der Waals surface area contributed by atoms with Crippen LogP contribution < -0.4 is 20.1 Å². The number of aromatic nitrogens is 1. The van der Waals surface area contributed by atoms with Gasteiger partial charge in [-0.15, -0.1) is 0 Å². The van der Waals surface area contributed by atoms with Crippen LogP contribution >= 0.6 is 0 Å². The van der Waals surface area contributed by atoms with Gasteiger partial charge in [-0.3, -0.25) is 9.59 Å². The Labute approximate surface area is 210 Å². The summed E-state index contributed by atoms with van der Waals surface area (Å²) in [6.07, 6.45) is 1.56. The van der Waals surface area contributed by atoms with Gasteiger partial charge < -0.3 is 29.8 Å². The molecule has 0 aliphatic carbocycles. The first-order valence-electron chi connectivity index (χ1n) is 11.3. The van der Waals surface area contributed by atoms with Crippen molar-refractivity contribution in [3.05, 3.63) is 76.7 Å². The third kappa shape index (κ3) is 4.49. The number of carboxylic acid groups (broad SMARTS) is 1. The third-order valence-corrected chi connectivity index (χ3v) is 6.06. The fourth-order valence-corrected chi connectivity index (χ4v) is 4.27. The topological polar surface area (TPSA) is 139 Å². The molecule has 4 amide bonds. The molecule has 1 aromatic heterocycles. The predicted octanol–water partition coefficient (Wildman–Crippen LogP) is 3.05. The highest BCUT2D eigenvalue weighted by molar-refractivity contribution is 6.16. The number of imide groups is 1. The zero-order valence-electron chi connectivity index (χ0n) is 19.9. The van der Waals surface area contributed by atoms with E-state index < -0.39 is 30.4 Å². The number of hydrogen-bond donors (Lipinski definition) is 3. The Morgan fingerprint density at radius 2 is 1.78 bits per heavy atom. The molecular formula is C26H22N4O7. The highest BCUT2D eigenvalue weighted by Crippen LogP contribution is 2.34. The largest absolute Gasteiger partial charge is 0.478 e. The van der Waals surface area contributed by atoms with E-state index in [2.05, 4.69) is 10.6 Å². The number of amides is 4. The van der Waals surface area contributed by atoms with Crippen LogP contribution in [0.4, 0.5) is 10.5 Å². The number of aromatic carboxylic acids is 1. The number of hydrogen-bond acceptors (Lipinski definition) is 6. The van der Waals surface area contributed by atoms with Gasteiger partial charge in [0.2, 0.25) is 12.7 Å². The molecule has 0 saturated carbocycles. The number of nitrogens with one attached hydrogen (secondary N) is 2. The monoisotopic (exact) mass is 502 g/mol. The Morgan fingerprint density at radius 3 is 2.51 bits per heavy atom. The first-order chi connectivity index (χ1) is 17.7. The Balaban J connectivity index is 1.31. The number of fused-ring (bicyclic) bond motifs is 1. The molecule has 0 atom stereocenters. The van der Waals surface area contributed by atoms with E-state index in [0.29, 0.717) is 22.7 Å². The summed E-state index contributed by atoms with van der Waals surface area (Å²) in [7, 11) is 0. The number of benzene rings is 2. The van der Waals surface area contributed by atoms with Crippen LogP contribution in [0.2, 0.25) is 0 Å². The first kappa shape index (κ1) is 23.7. The van der Waals surface area contributed by atoms with Crippen molar-refractivity contribution in [3.8, 4) is 17.2 Å². The van der Waals surface area contributed by atoms with Gasteiger partial charge in [-0.25, -0.2) is 14.5 Å². The minimum absolute atomic E-state index is 0.0438. The van der Waals surface area contributed by atoms with Gasteiger partial charge in [0.25, 0.3) is 5.91 Å². The van der Waals surface area contributed by atoms with Gasteiger partial charge in [0.1, 0.15) is 12.2 Å². The molecule has 11 heteroatoms. The molecule has 2 aliphatic rings. The molecule has 0 bridgehead atoms. The molecule has 3 aromatic rings. The first-order valence-corrected chi connectivity index (χ1v) is 11.3. The van der Waals surface area contributed by atoms with Crippen LogP contribution in [0.15, 0.2) is 54.2 Å². The normalized spacial score (nSPS) is 15.3. The molecule has 5 rings (SSSR count). The van der Waals surface area contributed by atoms with E-state index in [4.69, 9.17) is 14.6 Å². The smallest absolute Gasteiger partial charge is 0.335 e. The van der Waals surface area contributed by atoms with Crippen molar-refractivity contribution >= 4 is 35.6 Å². The lowest BCUT2D eigenvalue weighted by molar-refractivity contribution is -0.127. The van der Waals surface area contributed by atoms with Crippen LogP contribution in [-0.2, 0) is 9.59 Å². The minimum atomic E-state index is -1.01. The zero-order valence-corrected chi connectivity index (χ0v) is 19.9. The number of urea groups is 1. The number of carboxylic acids is 1. The highest BCUT2D eigenvalue weighted by Gasteiger charge is 2.35. The van der Waals surface area contributed by atoms with E-state index in [-0.39, 0.29) is 18.1 Å². The van der Waals surface area contributed by atoms with Gasteiger partial charge in [0.15, 0.2) is 11.5 Å². The van der Waals surface area contributed by atoms with E-state index >= 15 is 0 Å². The van der Waals surface area contributed by atoms with Gasteiger partial charge >= 0.3 is 12.0 Å². The van der Waals surface area contributed by atoms with Gasteiger partial charge in [-0.05, 0) is 68.0 Å². The van der Waals surface area contributed by atoms with Crippen LogP contribution in [-0.4, -0.2) is 51.7 Å². The lowest BCUT2D eigenvalue weighted by Gasteiger charge is -2.12. The Kier molecular flexibility index (Phi) is 5.88. The zero-order chi connectivity index (χ0) is 26.3. The molecule has 2 aromatic carbocycles. The van der Waals surface area contributed by atoms with Crippen LogP contribution in [0.3, 0.4) is 0 Å². The summed E-state index contributed by atoms with van der Waals surface area (Å²) in [5, 5.41) is 14.3. The summed E-state index contributed by atoms with van der Waals surface area (Å²) in [6, 6.07) is 12.5. The molecule has 2 aliphatic heterocycles. The molecular weight excluding hydrogens is 480 g/mol. The molecule has 3 heterocycles. The number of carbonyl (C=O) groups excluding carboxylic acids is 3. The molecule has 0 radical (unpaired) electrons. The molecule has 0 spiro atoms. The van der Waals surface area contributed by atoms with Crippen LogP contribution in [0.5, 0.6) is 11.5 Å². The van der Waals surface area contributed by atoms with Crippen molar-refractivity contribution < 1.29 is 33.8 Å². The van der Waals surface area contributed by atoms with E-state index in [9.17, 15) is 19.2 Å². The Morgan fingerprint density at radius 1 is 1.05 bits per heavy atom. The summed E-state index contributed by atoms with van der Waals surface area (Å²) in [4.78, 5) is 49.9. The molecule has 1 fully saturated rings. The molecule has 1 saturated heterocycles. The number of rotatable bonds is 6. The Hall–Kier alpha value is -5.06. The van der Waals surface area contributed by atoms with E-state index in [1.165, 1.54) is 12.1 Å². The number of carbonyl (C=O) groups is 4. The number of ether oxygens (including phenoxy) is 2. The fraction of sp³-hybridized carbons (Fsp3) is 0.154. The number of anilines is 1. The van der Waals surface area contributed by atoms with Gasteiger partial charge in [-0.1, -0.05) is 0 Å². The summed E-state index contributed by atoms with van der Waals surface area (Å²) in [6.45, 7) is 3.36. The number of aryl methyl sites for hydroxylation is 1. The summed E-state index contributed by atoms with van der Waals surface area (Å²) < 4.78 is 12.4. The maximum absolute atomic E-state index is 12.9. The van der Waals surface area contributed by atoms with Crippen molar-refractivity contribution in [2.24, 2.45) is 0 Å². The quantitative estimate of drug-likeness (QED) is 0.348. The third-order valence-electron chi connectivity index (χ3n) is 6.06. The highest BCUT2D eigenvalue weighted by atomic mass is 16.7. The molecule has 0 unspecified atom stereocenters. The molecule has 188 valence electrons. The van der Waals surface area contributed by atoms with Crippen LogP contribution in [0.25, 0.3) is 11.8 Å². The average molecular weight is 502 g/mol. The molecule has 11 nitrogen and oxygen atoms in total. The van der Waals surface area contributed by atoms with Crippen LogP contribution in [0, 0.1) is 13.8 Å². The molecule has 37 heavy (non-hydrogen) atoms. The lowest BCUT2D eigenvalue weighted by Crippen LogP contribution is -2.38. The second-order valence-corrected chi connectivity index (χ2v) is 8.51. The van der Waals surface area contributed by atoms with Crippen molar-refractivity contribution in [2.75, 3.05) is 18.7 Å². The van der Waals surface area contributed by atoms with Crippen molar-refractivity contribution in [1.82, 2.24) is 14.8 Å². The summed E-state index contributed by atoms with van der Waals surface area (Å²) >= 11 is 0. The minimum Gasteiger partial charge on any atom is -0.478 e. The van der Waals surface area contributed by atoms with Gasteiger partial charge in [-0.2, -0.15) is 0 Å². The maximum Gasteiger partial charge on any atom is 0.335 e. The van der Waals surface area contributed by atoms with Gasteiger partial charge in [0.05, 0.1) is 5.56 Å². The second-order valence-electron chi connectivity index (χ2n) is 8.51. The van der Waals surface area contributed by atoms with Crippen molar-refractivity contribution in [1.29, 1.82) is 0 Å². The Bertz CT molecular complexity index is 1490. The van der Waals surface area contributed by atoms with Gasteiger partial charge in [0, 0.05) is 28.8 Å². The van der Waals surface area contributed by atoms with E-state index in [1.54, 1.807) is 36.4 Å². The van der Waals surface area contributed by atoms with Crippen LogP contribution in [0.1, 0.15) is 27.3 Å². The second kappa shape index (κ2) is 9.19. The number of nitrogens with zero attached hydrogens (tertiary/aromatic N) is 2. The van der Waals surface area contributed by atoms with Crippen molar-refractivity contribution in [3.63, 3.8) is 0 Å². The van der Waals surface area contributed by atoms with E-state index in [1.807, 2.05) is 24.5 Å². The predicted molar refractivity (Wildman–Crippen MR) is 132 cm³/mol. The lowest BCUT2D eigenvalue weighted by atomic mass is 10.2. The summed E-state index contributed by atoms with van der Waals surface area (Å²) in [5.41, 5.74) is 3.75. The summed E-state index contributed by atoms with van der Waals surface area (Å²) in [5.74, 6) is -1.12. The SMILES string of the molecule is Cc1cc(/C=C2/NC(=O)N(CC(=O)Nc3ccc4c(c3)OCO4)C2=O)c(C)n1-c1ccc(C(=O)O)cc1. The molecule has 3 N–H and O–H groups in total. The van der Waals surface area contributed by atoms with E-state index in [0.717, 1.165) is 22.0 Å². The average Bonchev–Trinajstić information content (AvgIpc) is 3.51.